The Hall–Kier alpha value is -2.23. The van der Waals surface area contributed by atoms with Crippen LogP contribution in [0.5, 0.6) is 0 Å². The van der Waals surface area contributed by atoms with Crippen LogP contribution < -0.4 is 5.32 Å². The average Bonchev–Trinajstić information content (AvgIpc) is 2.78. The predicted molar refractivity (Wildman–Crippen MR) is 129 cm³/mol. The average molecular weight is 516 g/mol. The molecule has 1 aliphatic heterocycles. The van der Waals surface area contributed by atoms with Crippen LogP contribution in [0.3, 0.4) is 0 Å². The molecule has 1 heterocycles. The zero-order valence-corrected chi connectivity index (χ0v) is 21.0. The van der Waals surface area contributed by atoms with Crippen molar-refractivity contribution in [2.75, 3.05) is 32.9 Å². The summed E-state index contributed by atoms with van der Waals surface area (Å²) in [6.45, 7) is 2.20. The number of thioether (sulfide) groups is 1. The molecular formula is C22H27Cl2N3O5S. The molecular weight excluding hydrogens is 489 g/mol. The molecule has 1 saturated heterocycles. The Morgan fingerprint density at radius 2 is 1.85 bits per heavy atom. The molecule has 1 fully saturated rings. The third-order valence-corrected chi connectivity index (χ3v) is 7.29. The van der Waals surface area contributed by atoms with Crippen LogP contribution in [0.4, 0.5) is 0 Å². The van der Waals surface area contributed by atoms with Crippen LogP contribution in [0.2, 0.25) is 10.0 Å². The van der Waals surface area contributed by atoms with E-state index >= 15 is 0 Å². The van der Waals surface area contributed by atoms with E-state index in [0.717, 1.165) is 0 Å². The SMILES string of the molecule is CC(NC(=O)C1CCN(C(=O)/C=C/c2ccc(SCC(=O)N(C)C)c(Cl)c2Cl)CC1)C(=O)O. The number of aliphatic carboxylic acids is 1. The first-order valence-electron chi connectivity index (χ1n) is 10.3. The summed E-state index contributed by atoms with van der Waals surface area (Å²) >= 11 is 14.0. The molecule has 0 radical (unpaired) electrons. The third kappa shape index (κ3) is 7.65. The van der Waals surface area contributed by atoms with Crippen molar-refractivity contribution in [3.63, 3.8) is 0 Å². The maximum absolute atomic E-state index is 12.6. The first-order valence-corrected chi connectivity index (χ1v) is 12.1. The lowest BCUT2D eigenvalue weighted by Gasteiger charge is -2.31. The lowest BCUT2D eigenvalue weighted by Crippen LogP contribution is -2.46. The Morgan fingerprint density at radius 3 is 2.42 bits per heavy atom. The maximum atomic E-state index is 12.6. The number of amides is 3. The van der Waals surface area contributed by atoms with Crippen LogP contribution in [-0.2, 0) is 19.2 Å². The quantitative estimate of drug-likeness (QED) is 0.407. The number of halogens is 2. The Kier molecular flexibility index (Phi) is 10.1. The van der Waals surface area contributed by atoms with Gasteiger partial charge in [0.1, 0.15) is 6.04 Å². The Bertz CT molecular complexity index is 946. The first kappa shape index (κ1) is 27.0. The molecule has 1 atom stereocenters. The van der Waals surface area contributed by atoms with Gasteiger partial charge in [0.2, 0.25) is 17.7 Å². The number of carboxylic acids is 1. The van der Waals surface area contributed by atoms with Crippen LogP contribution in [0.1, 0.15) is 25.3 Å². The Balaban J connectivity index is 1.93. The predicted octanol–water partition coefficient (Wildman–Crippen LogP) is 3.01. The van der Waals surface area contributed by atoms with E-state index in [9.17, 15) is 19.2 Å². The highest BCUT2D eigenvalue weighted by Gasteiger charge is 2.28. The number of piperidine rings is 1. The molecule has 0 bridgehead atoms. The van der Waals surface area contributed by atoms with Crippen molar-refractivity contribution in [3.05, 3.63) is 33.8 Å². The fourth-order valence-electron chi connectivity index (χ4n) is 3.08. The van der Waals surface area contributed by atoms with E-state index in [1.807, 2.05) is 0 Å². The van der Waals surface area contributed by atoms with Crippen molar-refractivity contribution in [3.8, 4) is 0 Å². The summed E-state index contributed by atoms with van der Waals surface area (Å²) in [5, 5.41) is 12.0. The van der Waals surface area contributed by atoms with E-state index in [4.69, 9.17) is 28.3 Å². The van der Waals surface area contributed by atoms with Crippen LogP contribution in [0, 0.1) is 5.92 Å². The van der Waals surface area contributed by atoms with Gasteiger partial charge in [-0.2, -0.15) is 0 Å². The van der Waals surface area contributed by atoms with Gasteiger partial charge < -0.3 is 20.2 Å². The molecule has 0 aliphatic carbocycles. The molecule has 2 rings (SSSR count). The van der Waals surface area contributed by atoms with Gasteiger partial charge in [-0.15, -0.1) is 11.8 Å². The minimum atomic E-state index is -1.09. The molecule has 0 saturated carbocycles. The van der Waals surface area contributed by atoms with Crippen LogP contribution >= 0.6 is 35.0 Å². The zero-order chi connectivity index (χ0) is 24.7. The second-order valence-corrected chi connectivity index (χ2v) is 9.63. The molecule has 33 heavy (non-hydrogen) atoms. The molecule has 8 nitrogen and oxygen atoms in total. The standard InChI is InChI=1S/C22H27Cl2N3O5S/c1-13(22(31)32)25-21(30)15-8-10-27(11-9-15)17(28)7-5-14-4-6-16(20(24)19(14)23)33-12-18(29)26(2)3/h4-7,13,15H,8-12H2,1-3H3,(H,25,30)(H,31,32)/b7-5+. The maximum Gasteiger partial charge on any atom is 0.325 e. The van der Waals surface area contributed by atoms with Crippen molar-refractivity contribution in [2.45, 2.75) is 30.7 Å². The number of rotatable bonds is 8. The van der Waals surface area contributed by atoms with Gasteiger partial charge in [0, 0.05) is 44.1 Å². The molecule has 1 aliphatic rings. The van der Waals surface area contributed by atoms with Crippen molar-refractivity contribution >= 4 is 64.7 Å². The van der Waals surface area contributed by atoms with E-state index < -0.39 is 12.0 Å². The Labute approximate surface area is 207 Å². The molecule has 180 valence electrons. The second-order valence-electron chi connectivity index (χ2n) is 7.86. The van der Waals surface area contributed by atoms with Gasteiger partial charge in [-0.05, 0) is 37.5 Å². The number of benzene rings is 1. The molecule has 1 aromatic rings. The topological polar surface area (TPSA) is 107 Å². The highest BCUT2D eigenvalue weighted by atomic mass is 35.5. The van der Waals surface area contributed by atoms with Crippen LogP contribution in [0.15, 0.2) is 23.1 Å². The number of hydrogen-bond donors (Lipinski definition) is 2. The number of hydrogen-bond acceptors (Lipinski definition) is 5. The van der Waals surface area contributed by atoms with E-state index in [1.54, 1.807) is 37.2 Å². The number of carboxylic acid groups (broad SMARTS) is 1. The summed E-state index contributed by atoms with van der Waals surface area (Å²) in [5.74, 6) is -1.74. The minimum absolute atomic E-state index is 0.0422. The monoisotopic (exact) mass is 515 g/mol. The molecule has 2 N–H and O–H groups in total. The zero-order valence-electron chi connectivity index (χ0n) is 18.6. The number of likely N-dealkylation sites (tertiary alicyclic amines) is 1. The van der Waals surface area contributed by atoms with Crippen molar-refractivity contribution < 1.29 is 24.3 Å². The Morgan fingerprint density at radius 1 is 1.21 bits per heavy atom. The number of carbonyl (C=O) groups excluding carboxylic acids is 3. The summed E-state index contributed by atoms with van der Waals surface area (Å²) in [7, 11) is 3.36. The van der Waals surface area contributed by atoms with E-state index in [-0.39, 0.29) is 29.4 Å². The number of nitrogens with zero attached hydrogens (tertiary/aromatic N) is 2. The van der Waals surface area contributed by atoms with Gasteiger partial charge in [-0.1, -0.05) is 29.3 Å². The lowest BCUT2D eigenvalue weighted by molar-refractivity contribution is -0.142. The number of nitrogens with one attached hydrogen (secondary N) is 1. The molecule has 3 amide bonds. The van der Waals surface area contributed by atoms with E-state index in [1.165, 1.54) is 29.7 Å². The minimum Gasteiger partial charge on any atom is -0.480 e. The molecule has 11 heteroatoms. The molecule has 0 aromatic heterocycles. The van der Waals surface area contributed by atoms with Gasteiger partial charge in [-0.3, -0.25) is 19.2 Å². The highest BCUT2D eigenvalue weighted by Crippen LogP contribution is 2.36. The van der Waals surface area contributed by atoms with Gasteiger partial charge in [0.25, 0.3) is 0 Å². The summed E-state index contributed by atoms with van der Waals surface area (Å²) in [4.78, 5) is 51.2. The fraction of sp³-hybridized carbons (Fsp3) is 0.455. The molecule has 1 aromatic carbocycles. The van der Waals surface area contributed by atoms with Crippen molar-refractivity contribution in [1.29, 1.82) is 0 Å². The highest BCUT2D eigenvalue weighted by molar-refractivity contribution is 8.00. The molecule has 0 spiro atoms. The van der Waals surface area contributed by atoms with E-state index in [0.29, 0.717) is 46.4 Å². The normalized spacial score (nSPS) is 15.4. The van der Waals surface area contributed by atoms with Gasteiger partial charge in [0.05, 0.1) is 15.8 Å². The molecule has 1 unspecified atom stereocenters. The van der Waals surface area contributed by atoms with E-state index in [2.05, 4.69) is 5.32 Å². The smallest absolute Gasteiger partial charge is 0.325 e. The first-order chi connectivity index (χ1) is 15.5. The third-order valence-electron chi connectivity index (χ3n) is 5.24. The number of carbonyl (C=O) groups is 4. The van der Waals surface area contributed by atoms with Crippen molar-refractivity contribution in [1.82, 2.24) is 15.1 Å². The van der Waals surface area contributed by atoms with Gasteiger partial charge in [0.15, 0.2) is 0 Å². The lowest BCUT2D eigenvalue weighted by atomic mass is 9.95. The van der Waals surface area contributed by atoms with Crippen LogP contribution in [0.25, 0.3) is 6.08 Å². The van der Waals surface area contributed by atoms with Gasteiger partial charge >= 0.3 is 5.97 Å². The van der Waals surface area contributed by atoms with Crippen molar-refractivity contribution in [2.24, 2.45) is 5.92 Å². The fourth-order valence-corrected chi connectivity index (χ4v) is 4.63. The summed E-state index contributed by atoms with van der Waals surface area (Å²) < 4.78 is 0. The van der Waals surface area contributed by atoms with Gasteiger partial charge in [-0.25, -0.2) is 0 Å². The summed E-state index contributed by atoms with van der Waals surface area (Å²) in [5.41, 5.74) is 0.579. The largest absolute Gasteiger partial charge is 0.480 e. The summed E-state index contributed by atoms with van der Waals surface area (Å²) in [6.07, 6.45) is 3.92. The van der Waals surface area contributed by atoms with Crippen LogP contribution in [-0.4, -0.2) is 77.6 Å². The summed E-state index contributed by atoms with van der Waals surface area (Å²) in [6, 6.07) is 2.55. The second kappa shape index (κ2) is 12.3.